The predicted molar refractivity (Wildman–Crippen MR) is 69.0 cm³/mol. The van der Waals surface area contributed by atoms with Crippen LogP contribution in [0.3, 0.4) is 0 Å². The van der Waals surface area contributed by atoms with E-state index in [4.69, 9.17) is 0 Å². The molecule has 0 saturated carbocycles. The molecule has 0 spiro atoms. The van der Waals surface area contributed by atoms with Gasteiger partial charge in [0, 0.05) is 5.56 Å². The Balaban J connectivity index is 2.76. The Kier molecular flexibility index (Phi) is 4.46. The number of hydrogen-bond donors (Lipinski definition) is 0. The van der Waals surface area contributed by atoms with Crippen molar-refractivity contribution in [3.05, 3.63) is 35.4 Å². The standard InChI is InChI=1S/C13H18O3S/c1-10(2)8-17(15,16)9-13(14)12-6-4-11(3)5-7-12/h4-7,10H,8-9H2,1-3H3. The summed E-state index contributed by atoms with van der Waals surface area (Å²) in [4.78, 5) is 11.8. The van der Waals surface area contributed by atoms with Gasteiger partial charge in [-0.1, -0.05) is 43.7 Å². The van der Waals surface area contributed by atoms with Gasteiger partial charge in [-0.05, 0) is 12.8 Å². The van der Waals surface area contributed by atoms with Crippen LogP contribution in [0.1, 0.15) is 29.8 Å². The van der Waals surface area contributed by atoms with E-state index in [-0.39, 0.29) is 17.5 Å². The van der Waals surface area contributed by atoms with Crippen molar-refractivity contribution >= 4 is 15.6 Å². The molecule has 0 aromatic heterocycles. The van der Waals surface area contributed by atoms with E-state index in [9.17, 15) is 13.2 Å². The molecule has 17 heavy (non-hydrogen) atoms. The molecule has 0 radical (unpaired) electrons. The first kappa shape index (κ1) is 13.9. The third-order valence-electron chi connectivity index (χ3n) is 2.31. The van der Waals surface area contributed by atoms with Crippen molar-refractivity contribution in [3.8, 4) is 0 Å². The Morgan fingerprint density at radius 2 is 1.71 bits per heavy atom. The fourth-order valence-corrected chi connectivity index (χ4v) is 3.29. The molecule has 0 aliphatic heterocycles. The molecule has 0 unspecified atom stereocenters. The maximum absolute atomic E-state index is 11.8. The van der Waals surface area contributed by atoms with Gasteiger partial charge in [-0.2, -0.15) is 0 Å². The molecule has 0 heterocycles. The van der Waals surface area contributed by atoms with Crippen LogP contribution in [0.25, 0.3) is 0 Å². The van der Waals surface area contributed by atoms with E-state index in [1.165, 1.54) is 0 Å². The molecule has 0 aliphatic carbocycles. The molecule has 0 saturated heterocycles. The lowest BCUT2D eigenvalue weighted by Crippen LogP contribution is -2.21. The van der Waals surface area contributed by atoms with Crippen LogP contribution in [0.15, 0.2) is 24.3 Å². The zero-order chi connectivity index (χ0) is 13.1. The van der Waals surface area contributed by atoms with Crippen LogP contribution in [0.4, 0.5) is 0 Å². The third-order valence-corrected chi connectivity index (χ3v) is 4.19. The lowest BCUT2D eigenvalue weighted by Gasteiger charge is -2.06. The fourth-order valence-electron chi connectivity index (χ4n) is 1.59. The van der Waals surface area contributed by atoms with E-state index < -0.39 is 15.6 Å². The van der Waals surface area contributed by atoms with Gasteiger partial charge < -0.3 is 0 Å². The number of sulfone groups is 1. The number of carbonyl (C=O) groups excluding carboxylic acids is 1. The van der Waals surface area contributed by atoms with Crippen LogP contribution in [0, 0.1) is 12.8 Å². The van der Waals surface area contributed by atoms with Crippen molar-refractivity contribution < 1.29 is 13.2 Å². The number of Topliss-reactive ketones (excluding diaryl/α,β-unsaturated/α-hetero) is 1. The second-order valence-corrected chi connectivity index (χ2v) is 6.85. The highest BCUT2D eigenvalue weighted by molar-refractivity contribution is 7.92. The maximum atomic E-state index is 11.8. The van der Waals surface area contributed by atoms with E-state index in [2.05, 4.69) is 0 Å². The van der Waals surface area contributed by atoms with Gasteiger partial charge in [-0.15, -0.1) is 0 Å². The number of carbonyl (C=O) groups is 1. The molecule has 1 aromatic rings. The lowest BCUT2D eigenvalue weighted by atomic mass is 10.1. The number of rotatable bonds is 5. The zero-order valence-electron chi connectivity index (χ0n) is 10.4. The average Bonchev–Trinajstić information content (AvgIpc) is 2.15. The number of benzene rings is 1. The predicted octanol–water partition coefficient (Wildman–Crippen LogP) is 2.25. The maximum Gasteiger partial charge on any atom is 0.177 e. The summed E-state index contributed by atoms with van der Waals surface area (Å²) in [5.41, 5.74) is 1.51. The first-order valence-electron chi connectivity index (χ1n) is 5.60. The highest BCUT2D eigenvalue weighted by Crippen LogP contribution is 2.08. The summed E-state index contributed by atoms with van der Waals surface area (Å²) in [6.45, 7) is 5.57. The summed E-state index contributed by atoms with van der Waals surface area (Å²) in [6, 6.07) is 6.95. The van der Waals surface area contributed by atoms with Gasteiger partial charge in [-0.25, -0.2) is 8.42 Å². The van der Waals surface area contributed by atoms with Crippen LogP contribution < -0.4 is 0 Å². The zero-order valence-corrected chi connectivity index (χ0v) is 11.3. The molecule has 4 heteroatoms. The minimum atomic E-state index is -3.29. The van der Waals surface area contributed by atoms with E-state index in [0.717, 1.165) is 5.56 Å². The van der Waals surface area contributed by atoms with Gasteiger partial charge in [0.25, 0.3) is 0 Å². The molecule has 1 aromatic carbocycles. The molecule has 0 amide bonds. The summed E-state index contributed by atoms with van der Waals surface area (Å²) < 4.78 is 23.3. The number of ketones is 1. The summed E-state index contributed by atoms with van der Waals surface area (Å²) in [6.07, 6.45) is 0. The van der Waals surface area contributed by atoms with Crippen molar-refractivity contribution in [2.45, 2.75) is 20.8 Å². The lowest BCUT2D eigenvalue weighted by molar-refractivity contribution is 0.102. The highest BCUT2D eigenvalue weighted by atomic mass is 32.2. The molecule has 0 bridgehead atoms. The van der Waals surface area contributed by atoms with Gasteiger partial charge in [0.2, 0.25) is 0 Å². The minimum Gasteiger partial charge on any atom is -0.293 e. The molecule has 94 valence electrons. The average molecular weight is 254 g/mol. The molecule has 0 aliphatic rings. The molecular weight excluding hydrogens is 236 g/mol. The molecular formula is C13H18O3S. The van der Waals surface area contributed by atoms with Gasteiger partial charge in [0.1, 0.15) is 5.75 Å². The topological polar surface area (TPSA) is 51.2 Å². The first-order chi connectivity index (χ1) is 7.80. The molecule has 1 rings (SSSR count). The minimum absolute atomic E-state index is 0.0471. The van der Waals surface area contributed by atoms with E-state index in [1.807, 2.05) is 32.9 Å². The highest BCUT2D eigenvalue weighted by Gasteiger charge is 2.19. The Labute approximate surface area is 103 Å². The van der Waals surface area contributed by atoms with Crippen LogP contribution in [0.2, 0.25) is 0 Å². The van der Waals surface area contributed by atoms with Crippen molar-refractivity contribution in [3.63, 3.8) is 0 Å². The number of hydrogen-bond acceptors (Lipinski definition) is 3. The van der Waals surface area contributed by atoms with E-state index >= 15 is 0 Å². The SMILES string of the molecule is Cc1ccc(C(=O)CS(=O)(=O)CC(C)C)cc1. The second kappa shape index (κ2) is 5.45. The van der Waals surface area contributed by atoms with E-state index in [1.54, 1.807) is 12.1 Å². The van der Waals surface area contributed by atoms with E-state index in [0.29, 0.717) is 5.56 Å². The van der Waals surface area contributed by atoms with Crippen molar-refractivity contribution in [1.29, 1.82) is 0 Å². The summed E-state index contributed by atoms with van der Waals surface area (Å²) in [5.74, 6) is -0.616. The van der Waals surface area contributed by atoms with Crippen LogP contribution >= 0.6 is 0 Å². The molecule has 0 N–H and O–H groups in total. The van der Waals surface area contributed by atoms with Crippen LogP contribution in [-0.4, -0.2) is 25.7 Å². The number of aryl methyl sites for hydroxylation is 1. The van der Waals surface area contributed by atoms with Gasteiger partial charge in [0.05, 0.1) is 5.75 Å². The molecule has 3 nitrogen and oxygen atoms in total. The Hall–Kier alpha value is -1.16. The fraction of sp³-hybridized carbons (Fsp3) is 0.462. The van der Waals surface area contributed by atoms with Crippen molar-refractivity contribution in [1.82, 2.24) is 0 Å². The normalized spacial score (nSPS) is 11.8. The Morgan fingerprint density at radius 3 is 2.18 bits per heavy atom. The summed E-state index contributed by atoms with van der Waals surface area (Å²) >= 11 is 0. The van der Waals surface area contributed by atoms with Gasteiger partial charge in [-0.3, -0.25) is 4.79 Å². The van der Waals surface area contributed by atoms with Gasteiger partial charge in [0.15, 0.2) is 15.6 Å². The van der Waals surface area contributed by atoms with Crippen LogP contribution in [0.5, 0.6) is 0 Å². The van der Waals surface area contributed by atoms with Crippen LogP contribution in [-0.2, 0) is 9.84 Å². The monoisotopic (exact) mass is 254 g/mol. The van der Waals surface area contributed by atoms with Gasteiger partial charge >= 0.3 is 0 Å². The largest absolute Gasteiger partial charge is 0.293 e. The third kappa shape index (κ3) is 4.69. The smallest absolute Gasteiger partial charge is 0.177 e. The second-order valence-electron chi connectivity index (χ2n) is 4.74. The van der Waals surface area contributed by atoms with Crippen molar-refractivity contribution in [2.75, 3.05) is 11.5 Å². The Bertz CT molecular complexity index is 484. The molecule has 0 atom stereocenters. The van der Waals surface area contributed by atoms with Crippen molar-refractivity contribution in [2.24, 2.45) is 5.92 Å². The molecule has 0 fully saturated rings. The first-order valence-corrected chi connectivity index (χ1v) is 7.42. The summed E-state index contributed by atoms with van der Waals surface area (Å²) in [7, 11) is -3.29. The summed E-state index contributed by atoms with van der Waals surface area (Å²) in [5, 5.41) is 0. The quantitative estimate of drug-likeness (QED) is 0.757. The Morgan fingerprint density at radius 1 is 1.18 bits per heavy atom.